The first-order chi connectivity index (χ1) is 20.7. The van der Waals surface area contributed by atoms with Gasteiger partial charge in [-0.2, -0.15) is 0 Å². The maximum absolute atomic E-state index is 11.0. The highest BCUT2D eigenvalue weighted by atomic mass is 35.5. The first-order valence-electron chi connectivity index (χ1n) is 13.4. The largest absolute Gasteiger partial charge is 0.506 e. The summed E-state index contributed by atoms with van der Waals surface area (Å²) in [5.41, 5.74) is 5.36. The molecule has 11 heteroatoms. The molecule has 1 fully saturated rings. The number of phenols is 1. The van der Waals surface area contributed by atoms with Crippen LogP contribution in [0.4, 0.5) is 11.4 Å². The summed E-state index contributed by atoms with van der Waals surface area (Å²) in [6.07, 6.45) is 1.78. The highest BCUT2D eigenvalue weighted by Gasteiger charge is 2.42. The second kappa shape index (κ2) is 11.7. The summed E-state index contributed by atoms with van der Waals surface area (Å²) in [7, 11) is 0. The van der Waals surface area contributed by atoms with Gasteiger partial charge in [0.05, 0.1) is 28.4 Å². The number of thiocarbonyl (C=S) groups is 1. The molecule has 43 heavy (non-hydrogen) atoms. The first kappa shape index (κ1) is 28.7. The number of hydrogen-bond acceptors (Lipinski definition) is 6. The van der Waals surface area contributed by atoms with Crippen molar-refractivity contribution in [3.8, 4) is 11.4 Å². The number of nitro benzene ring substituents is 1. The van der Waals surface area contributed by atoms with Gasteiger partial charge in [0, 0.05) is 50.2 Å². The van der Waals surface area contributed by atoms with Crippen LogP contribution in [0.3, 0.4) is 0 Å². The van der Waals surface area contributed by atoms with Gasteiger partial charge in [-0.3, -0.25) is 15.1 Å². The molecule has 5 aromatic rings. The molecule has 3 aromatic carbocycles. The normalized spacial score (nSPS) is 16.3. The number of aryl methyl sites for hydroxylation is 1. The predicted octanol–water partition coefficient (Wildman–Crippen LogP) is 8.08. The zero-order chi connectivity index (χ0) is 30.2. The van der Waals surface area contributed by atoms with Crippen LogP contribution in [0.1, 0.15) is 34.7 Å². The van der Waals surface area contributed by atoms with E-state index >= 15 is 0 Å². The second-order valence-electron chi connectivity index (χ2n) is 10.1. The number of nitro groups is 1. The van der Waals surface area contributed by atoms with Crippen LogP contribution in [0.25, 0.3) is 5.69 Å². The predicted molar refractivity (Wildman–Crippen MR) is 174 cm³/mol. The van der Waals surface area contributed by atoms with Crippen molar-refractivity contribution in [2.75, 3.05) is 4.90 Å². The van der Waals surface area contributed by atoms with Gasteiger partial charge in [-0.15, -0.1) is 0 Å². The number of nitrogens with one attached hydrogen (secondary N) is 1. The Kier molecular flexibility index (Phi) is 7.83. The average molecular weight is 628 g/mol. The minimum Gasteiger partial charge on any atom is -0.506 e. The van der Waals surface area contributed by atoms with E-state index in [4.69, 9.17) is 23.8 Å². The Balaban J connectivity index is 1.39. The molecule has 2 aromatic heterocycles. The van der Waals surface area contributed by atoms with Gasteiger partial charge in [-0.25, -0.2) is 0 Å². The van der Waals surface area contributed by atoms with E-state index in [-0.39, 0.29) is 23.5 Å². The lowest BCUT2D eigenvalue weighted by atomic mass is 9.96. The van der Waals surface area contributed by atoms with Gasteiger partial charge in [-0.05, 0) is 104 Å². The van der Waals surface area contributed by atoms with Crippen molar-refractivity contribution in [3.63, 3.8) is 0 Å². The molecular weight excluding hydrogens is 602 g/mol. The van der Waals surface area contributed by atoms with Crippen LogP contribution in [0.2, 0.25) is 5.02 Å². The highest BCUT2D eigenvalue weighted by Crippen LogP contribution is 2.45. The molecule has 0 radical (unpaired) electrons. The molecule has 1 saturated heterocycles. The number of aromatic hydroxyl groups is 1. The summed E-state index contributed by atoms with van der Waals surface area (Å²) in [4.78, 5) is 19.3. The third-order valence-corrected chi connectivity index (χ3v) is 9.03. The number of nitrogens with zero attached hydrogens (tertiary/aromatic N) is 4. The minimum absolute atomic E-state index is 0.0631. The highest BCUT2D eigenvalue weighted by molar-refractivity contribution is 7.99. The average Bonchev–Trinajstić information content (AvgIpc) is 3.50. The lowest BCUT2D eigenvalue weighted by Crippen LogP contribution is -2.29. The van der Waals surface area contributed by atoms with Crippen LogP contribution in [0.5, 0.6) is 5.75 Å². The maximum Gasteiger partial charge on any atom is 0.269 e. The van der Waals surface area contributed by atoms with Crippen molar-refractivity contribution in [2.24, 2.45) is 0 Å². The Labute approximate surface area is 263 Å². The van der Waals surface area contributed by atoms with Crippen molar-refractivity contribution in [1.82, 2.24) is 14.9 Å². The van der Waals surface area contributed by atoms with E-state index in [1.165, 1.54) is 23.9 Å². The summed E-state index contributed by atoms with van der Waals surface area (Å²) in [5.74, 6) is 0.136. The van der Waals surface area contributed by atoms with Gasteiger partial charge >= 0.3 is 0 Å². The number of halogens is 1. The van der Waals surface area contributed by atoms with E-state index in [1.807, 2.05) is 60.9 Å². The van der Waals surface area contributed by atoms with Gasteiger partial charge < -0.3 is 19.9 Å². The summed E-state index contributed by atoms with van der Waals surface area (Å²) in [6, 6.07) is 27.1. The molecule has 0 unspecified atom stereocenters. The molecule has 6 rings (SSSR count). The lowest BCUT2D eigenvalue weighted by molar-refractivity contribution is -0.384. The van der Waals surface area contributed by atoms with Crippen LogP contribution in [-0.4, -0.2) is 24.7 Å². The molecule has 0 aliphatic carbocycles. The van der Waals surface area contributed by atoms with E-state index in [0.717, 1.165) is 38.1 Å². The zero-order valence-corrected chi connectivity index (χ0v) is 25.5. The summed E-state index contributed by atoms with van der Waals surface area (Å²) < 4.78 is 2.01. The number of anilines is 1. The van der Waals surface area contributed by atoms with Crippen LogP contribution >= 0.6 is 35.6 Å². The second-order valence-corrected chi connectivity index (χ2v) is 12.1. The first-order valence-corrected chi connectivity index (χ1v) is 15.0. The van der Waals surface area contributed by atoms with Gasteiger partial charge in [0.1, 0.15) is 5.75 Å². The number of pyridine rings is 1. The van der Waals surface area contributed by atoms with Gasteiger partial charge in [0.25, 0.3) is 5.69 Å². The molecule has 1 aliphatic heterocycles. The standard InChI is InChI=1S/C32H26ClN5O3S2/c1-19-17-26(20(2)36(19)28-18-21(33)6-15-29(28)39)31-30(27-5-3-4-16-34-27)35-32(42)37(31)22-7-11-24(12-8-22)43-25-13-9-23(10-14-25)38(40)41/h3-18,30-31,39H,1-2H3,(H,35,42)/t30-,31-/m0/s1. The van der Waals surface area contributed by atoms with Crippen molar-refractivity contribution < 1.29 is 10.0 Å². The Hall–Kier alpha value is -4.38. The molecule has 0 bridgehead atoms. The van der Waals surface area contributed by atoms with Gasteiger partial charge in [0.15, 0.2) is 5.11 Å². The fraction of sp³-hybridized carbons (Fsp3) is 0.125. The Bertz CT molecular complexity index is 1830. The van der Waals surface area contributed by atoms with E-state index in [0.29, 0.717) is 15.8 Å². The smallest absolute Gasteiger partial charge is 0.269 e. The molecule has 0 spiro atoms. The molecular formula is C32H26ClN5O3S2. The molecule has 1 aliphatic rings. The molecule has 0 saturated carbocycles. The van der Waals surface area contributed by atoms with Crippen LogP contribution in [-0.2, 0) is 0 Å². The van der Waals surface area contributed by atoms with Crippen molar-refractivity contribution in [1.29, 1.82) is 0 Å². The zero-order valence-electron chi connectivity index (χ0n) is 23.1. The maximum atomic E-state index is 11.0. The minimum atomic E-state index is -0.403. The fourth-order valence-electron chi connectivity index (χ4n) is 5.53. The van der Waals surface area contributed by atoms with E-state index in [9.17, 15) is 15.2 Å². The third-order valence-electron chi connectivity index (χ3n) is 7.46. The summed E-state index contributed by atoms with van der Waals surface area (Å²) >= 11 is 13.8. The monoisotopic (exact) mass is 627 g/mol. The van der Waals surface area contributed by atoms with Crippen LogP contribution < -0.4 is 10.2 Å². The Morgan fingerprint density at radius 2 is 1.70 bits per heavy atom. The van der Waals surface area contributed by atoms with E-state index in [2.05, 4.69) is 21.3 Å². The van der Waals surface area contributed by atoms with E-state index < -0.39 is 4.92 Å². The number of hydrogen-bond donors (Lipinski definition) is 2. The van der Waals surface area contributed by atoms with Gasteiger partial charge in [-0.1, -0.05) is 29.4 Å². The lowest BCUT2D eigenvalue weighted by Gasteiger charge is -2.28. The molecule has 8 nitrogen and oxygen atoms in total. The number of benzene rings is 3. The SMILES string of the molecule is Cc1cc([C@H]2[C@H](c3ccccn3)NC(=S)N2c2ccc(Sc3ccc([N+](=O)[O-])cc3)cc2)c(C)n1-c1cc(Cl)ccc1O. The third kappa shape index (κ3) is 5.56. The number of rotatable bonds is 7. The quantitative estimate of drug-likeness (QED) is 0.106. The number of phenolic OH excluding ortho intramolecular Hbond substituents is 1. The molecule has 216 valence electrons. The Morgan fingerprint density at radius 3 is 2.35 bits per heavy atom. The number of non-ortho nitro benzene ring substituents is 1. The van der Waals surface area contributed by atoms with Crippen LogP contribution in [0, 0.1) is 24.0 Å². The topological polar surface area (TPSA) is 96.5 Å². The summed E-state index contributed by atoms with van der Waals surface area (Å²) in [5, 5.41) is 26.3. The number of aromatic nitrogens is 2. The molecule has 2 N–H and O–H groups in total. The van der Waals surface area contributed by atoms with Crippen LogP contribution in [0.15, 0.2) is 107 Å². The van der Waals surface area contributed by atoms with Gasteiger partial charge in [0.2, 0.25) is 0 Å². The Morgan fingerprint density at radius 1 is 1.00 bits per heavy atom. The molecule has 0 amide bonds. The molecule has 3 heterocycles. The fourth-order valence-corrected chi connectivity index (χ4v) is 6.86. The van der Waals surface area contributed by atoms with Crippen molar-refractivity contribution in [3.05, 3.63) is 135 Å². The van der Waals surface area contributed by atoms with E-state index in [1.54, 1.807) is 36.5 Å². The summed E-state index contributed by atoms with van der Waals surface area (Å²) in [6.45, 7) is 4.03. The molecule has 2 atom stereocenters. The van der Waals surface area contributed by atoms with Crippen molar-refractivity contribution in [2.45, 2.75) is 35.7 Å². The van der Waals surface area contributed by atoms with Crippen molar-refractivity contribution >= 4 is 52.1 Å².